The van der Waals surface area contributed by atoms with Gasteiger partial charge in [0.15, 0.2) is 0 Å². The number of hydrogen-bond acceptors (Lipinski definition) is 3. The van der Waals surface area contributed by atoms with Crippen LogP contribution >= 0.6 is 0 Å². The van der Waals surface area contributed by atoms with Crippen LogP contribution in [0.2, 0.25) is 0 Å². The molecule has 0 bridgehead atoms. The number of rotatable bonds is 8. The first-order valence-corrected chi connectivity index (χ1v) is 12.2. The Bertz CT molecular complexity index is 1310. The van der Waals surface area contributed by atoms with Gasteiger partial charge in [0, 0.05) is 39.6 Å². The van der Waals surface area contributed by atoms with E-state index in [1.807, 2.05) is 113 Å². The molecule has 1 N–H and O–H groups in total. The van der Waals surface area contributed by atoms with Crippen molar-refractivity contribution in [3.8, 4) is 0 Å². The van der Waals surface area contributed by atoms with Gasteiger partial charge >= 0.3 is 0 Å². The minimum Gasteiger partial charge on any atom is -0.378 e. The molecule has 3 nitrogen and oxygen atoms in total. The molecular weight excluding hydrogens is 440 g/mol. The van der Waals surface area contributed by atoms with Crippen LogP contribution in [0, 0.1) is 0 Å². The van der Waals surface area contributed by atoms with Crippen LogP contribution in [-0.4, -0.2) is 33.3 Å². The number of aliphatic hydroxyl groups is 1. The van der Waals surface area contributed by atoms with Crippen LogP contribution < -0.4 is 9.80 Å². The van der Waals surface area contributed by atoms with Gasteiger partial charge in [-0.1, -0.05) is 97.1 Å². The van der Waals surface area contributed by atoms with Gasteiger partial charge < -0.3 is 14.9 Å². The Morgan fingerprint density at radius 3 is 1.56 bits per heavy atom. The second-order valence-corrected chi connectivity index (χ2v) is 9.32. The number of hydrogen-bond donors (Lipinski definition) is 1. The van der Waals surface area contributed by atoms with Crippen molar-refractivity contribution in [3.63, 3.8) is 0 Å². The van der Waals surface area contributed by atoms with E-state index in [1.165, 1.54) is 0 Å². The van der Waals surface area contributed by atoms with E-state index < -0.39 is 5.60 Å². The van der Waals surface area contributed by atoms with E-state index in [4.69, 9.17) is 0 Å². The maximum atomic E-state index is 12.0. The highest BCUT2D eigenvalue weighted by Gasteiger charge is 2.28. The molecule has 4 aromatic carbocycles. The maximum absolute atomic E-state index is 12.0. The Labute approximate surface area is 215 Å². The topological polar surface area (TPSA) is 26.7 Å². The van der Waals surface area contributed by atoms with Gasteiger partial charge in [-0.3, -0.25) is 0 Å². The average Bonchev–Trinajstić information content (AvgIpc) is 2.92. The Kier molecular flexibility index (Phi) is 7.72. The maximum Gasteiger partial charge on any atom is 0.133 e. The minimum absolute atomic E-state index is 0.820. The van der Waals surface area contributed by atoms with Crippen LogP contribution in [-0.2, 0) is 5.60 Å². The molecule has 0 aromatic heterocycles. The van der Waals surface area contributed by atoms with Crippen LogP contribution in [0.1, 0.15) is 22.3 Å². The van der Waals surface area contributed by atoms with Crippen molar-refractivity contribution in [3.05, 3.63) is 150 Å². The molecule has 182 valence electrons. The molecule has 0 heterocycles. The van der Waals surface area contributed by atoms with Gasteiger partial charge in [-0.15, -0.1) is 0 Å². The molecular formula is C33H34N2O. The molecule has 0 radical (unpaired) electrons. The summed E-state index contributed by atoms with van der Waals surface area (Å²) in [5.41, 5.74) is 5.96. The molecule has 1 atom stereocenters. The van der Waals surface area contributed by atoms with Crippen molar-refractivity contribution < 1.29 is 5.11 Å². The zero-order valence-electron chi connectivity index (χ0n) is 21.5. The second-order valence-electron chi connectivity index (χ2n) is 9.32. The molecule has 3 heteroatoms. The van der Waals surface area contributed by atoms with Crippen molar-refractivity contribution in [2.75, 3.05) is 38.0 Å². The van der Waals surface area contributed by atoms with Crippen LogP contribution in [0.15, 0.2) is 127 Å². The molecule has 0 spiro atoms. The normalized spacial score (nSPS) is 13.4. The molecule has 0 amide bonds. The summed E-state index contributed by atoms with van der Waals surface area (Å²) < 4.78 is 0. The van der Waals surface area contributed by atoms with Crippen LogP contribution in [0.25, 0.3) is 5.57 Å². The fourth-order valence-electron chi connectivity index (χ4n) is 4.26. The van der Waals surface area contributed by atoms with E-state index in [-0.39, 0.29) is 0 Å². The minimum atomic E-state index is -1.26. The molecule has 4 rings (SSSR count). The quantitative estimate of drug-likeness (QED) is 0.286. The SMILES string of the molecule is CN(C)c1ccc(C(=CC=CC(O)(c2ccccc2)c2ccc(N(C)C)cc2)c2ccccc2)cc1. The van der Waals surface area contributed by atoms with E-state index in [0.29, 0.717) is 0 Å². The Morgan fingerprint density at radius 2 is 1.03 bits per heavy atom. The molecule has 0 aliphatic rings. The van der Waals surface area contributed by atoms with Crippen molar-refractivity contribution >= 4 is 16.9 Å². The summed E-state index contributed by atoms with van der Waals surface area (Å²) in [6.07, 6.45) is 5.93. The highest BCUT2D eigenvalue weighted by atomic mass is 16.3. The fourth-order valence-corrected chi connectivity index (χ4v) is 4.26. The third kappa shape index (κ3) is 5.59. The summed E-state index contributed by atoms with van der Waals surface area (Å²) in [5.74, 6) is 0. The van der Waals surface area contributed by atoms with Gasteiger partial charge in [-0.25, -0.2) is 0 Å². The predicted octanol–water partition coefficient (Wildman–Crippen LogP) is 6.74. The first-order chi connectivity index (χ1) is 17.4. The van der Waals surface area contributed by atoms with E-state index in [2.05, 4.69) is 52.3 Å². The summed E-state index contributed by atoms with van der Waals surface area (Å²) in [7, 11) is 8.11. The Morgan fingerprint density at radius 1 is 0.583 bits per heavy atom. The molecule has 36 heavy (non-hydrogen) atoms. The second kappa shape index (κ2) is 11.1. The third-order valence-electron chi connectivity index (χ3n) is 6.42. The van der Waals surface area contributed by atoms with E-state index in [9.17, 15) is 5.11 Å². The molecule has 1 unspecified atom stereocenters. The van der Waals surface area contributed by atoms with Crippen molar-refractivity contribution in [2.24, 2.45) is 0 Å². The zero-order chi connectivity index (χ0) is 25.5. The highest BCUT2D eigenvalue weighted by molar-refractivity contribution is 5.81. The lowest BCUT2D eigenvalue weighted by molar-refractivity contribution is 0.134. The number of nitrogens with zero attached hydrogens (tertiary/aromatic N) is 2. The van der Waals surface area contributed by atoms with Gasteiger partial charge in [0.1, 0.15) is 5.60 Å². The Balaban J connectivity index is 1.77. The Hall–Kier alpha value is -4.08. The van der Waals surface area contributed by atoms with Gasteiger partial charge in [-0.2, -0.15) is 0 Å². The molecule has 0 saturated carbocycles. The predicted molar refractivity (Wildman–Crippen MR) is 154 cm³/mol. The van der Waals surface area contributed by atoms with Crippen molar-refractivity contribution in [1.82, 2.24) is 0 Å². The summed E-state index contributed by atoms with van der Waals surface area (Å²) in [6.45, 7) is 0. The molecule has 4 aromatic rings. The van der Waals surface area contributed by atoms with Crippen LogP contribution in [0.5, 0.6) is 0 Å². The van der Waals surface area contributed by atoms with E-state index in [1.54, 1.807) is 0 Å². The monoisotopic (exact) mass is 474 g/mol. The van der Waals surface area contributed by atoms with Gasteiger partial charge in [0.05, 0.1) is 0 Å². The smallest absolute Gasteiger partial charge is 0.133 e. The average molecular weight is 475 g/mol. The van der Waals surface area contributed by atoms with Crippen molar-refractivity contribution in [1.29, 1.82) is 0 Å². The third-order valence-corrected chi connectivity index (χ3v) is 6.42. The van der Waals surface area contributed by atoms with Gasteiger partial charge in [0.2, 0.25) is 0 Å². The summed E-state index contributed by atoms with van der Waals surface area (Å²) in [4.78, 5) is 4.15. The highest BCUT2D eigenvalue weighted by Crippen LogP contribution is 2.33. The number of benzene rings is 4. The first kappa shape index (κ1) is 25.0. The van der Waals surface area contributed by atoms with E-state index in [0.717, 1.165) is 39.2 Å². The van der Waals surface area contributed by atoms with Crippen molar-refractivity contribution in [2.45, 2.75) is 5.60 Å². The largest absolute Gasteiger partial charge is 0.378 e. The molecule has 0 saturated heterocycles. The van der Waals surface area contributed by atoms with Gasteiger partial charge in [-0.05, 0) is 58.2 Å². The lowest BCUT2D eigenvalue weighted by Crippen LogP contribution is -2.24. The first-order valence-electron chi connectivity index (χ1n) is 12.2. The summed E-state index contributed by atoms with van der Waals surface area (Å²) in [6, 6.07) is 36.8. The van der Waals surface area contributed by atoms with E-state index >= 15 is 0 Å². The molecule has 0 aliphatic carbocycles. The molecule has 0 aliphatic heterocycles. The number of anilines is 2. The van der Waals surface area contributed by atoms with Crippen LogP contribution in [0.3, 0.4) is 0 Å². The lowest BCUT2D eigenvalue weighted by Gasteiger charge is -2.26. The van der Waals surface area contributed by atoms with Gasteiger partial charge in [0.25, 0.3) is 0 Å². The molecule has 0 fully saturated rings. The van der Waals surface area contributed by atoms with Crippen LogP contribution in [0.4, 0.5) is 11.4 Å². The zero-order valence-corrected chi connectivity index (χ0v) is 21.5. The number of allylic oxidation sites excluding steroid dienone is 2. The lowest BCUT2D eigenvalue weighted by atomic mass is 9.85. The summed E-state index contributed by atoms with van der Waals surface area (Å²) >= 11 is 0. The fraction of sp³-hybridized carbons (Fsp3) is 0.152. The standard InChI is InChI=1S/C33H34N2O/c1-34(2)30-21-17-27(18-22-30)32(26-12-7-5-8-13-26)16-11-25-33(36,28-14-9-6-10-15-28)29-19-23-31(24-20-29)35(3)4/h5-25,36H,1-4H3. The summed E-state index contributed by atoms with van der Waals surface area (Å²) in [5, 5.41) is 12.0.